The van der Waals surface area contributed by atoms with E-state index in [1.54, 1.807) is 6.20 Å². The van der Waals surface area contributed by atoms with Gasteiger partial charge in [0.05, 0.1) is 19.0 Å². The van der Waals surface area contributed by atoms with Crippen LogP contribution in [0.5, 0.6) is 0 Å². The summed E-state index contributed by atoms with van der Waals surface area (Å²) in [6.45, 7) is 4.92. The number of imidazole rings is 1. The number of fused-ring (bicyclic) bond motifs is 1. The zero-order chi connectivity index (χ0) is 14.7. The Bertz CT molecular complexity index is 699. The molecule has 1 atom stereocenters. The Labute approximate surface area is 125 Å². The van der Waals surface area contributed by atoms with Crippen LogP contribution in [0.2, 0.25) is 0 Å². The summed E-state index contributed by atoms with van der Waals surface area (Å²) in [5, 5.41) is 2.50. The summed E-state index contributed by atoms with van der Waals surface area (Å²) in [7, 11) is 0. The molecular formula is C18H20N2O. The maximum absolute atomic E-state index is 6.17. The van der Waals surface area contributed by atoms with Crippen LogP contribution in [0.4, 0.5) is 0 Å². The Kier molecular flexibility index (Phi) is 4.02. The minimum absolute atomic E-state index is 0.0188. The molecule has 0 radical (unpaired) electrons. The molecule has 1 unspecified atom stereocenters. The molecule has 0 spiro atoms. The van der Waals surface area contributed by atoms with Gasteiger partial charge in [-0.3, -0.25) is 0 Å². The van der Waals surface area contributed by atoms with E-state index in [0.717, 1.165) is 6.54 Å². The van der Waals surface area contributed by atoms with Gasteiger partial charge in [-0.05, 0) is 30.2 Å². The van der Waals surface area contributed by atoms with Crippen LogP contribution in [-0.4, -0.2) is 15.7 Å². The van der Waals surface area contributed by atoms with Gasteiger partial charge in [0, 0.05) is 12.4 Å². The van der Waals surface area contributed by atoms with Gasteiger partial charge in [0.1, 0.15) is 6.10 Å². The number of ether oxygens (including phenoxy) is 1. The summed E-state index contributed by atoms with van der Waals surface area (Å²) in [5.74, 6) is 0. The number of rotatable bonds is 5. The third kappa shape index (κ3) is 3.14. The van der Waals surface area contributed by atoms with E-state index in [9.17, 15) is 0 Å². The SMILES string of the molecule is CC(C)OC(Cn1ccnc1)c1cccc2ccccc12. The molecule has 21 heavy (non-hydrogen) atoms. The fourth-order valence-electron chi connectivity index (χ4n) is 2.66. The number of nitrogens with zero attached hydrogens (tertiary/aromatic N) is 2. The van der Waals surface area contributed by atoms with E-state index in [1.165, 1.54) is 16.3 Å². The Morgan fingerprint density at radius 1 is 1.10 bits per heavy atom. The van der Waals surface area contributed by atoms with Crippen molar-refractivity contribution in [1.29, 1.82) is 0 Å². The number of aromatic nitrogens is 2. The van der Waals surface area contributed by atoms with Crippen molar-refractivity contribution in [2.45, 2.75) is 32.6 Å². The van der Waals surface area contributed by atoms with Gasteiger partial charge in [-0.25, -0.2) is 4.98 Å². The highest BCUT2D eigenvalue weighted by Gasteiger charge is 2.17. The van der Waals surface area contributed by atoms with E-state index in [0.29, 0.717) is 0 Å². The van der Waals surface area contributed by atoms with Gasteiger partial charge < -0.3 is 9.30 Å². The predicted octanol–water partition coefficient (Wildman–Crippen LogP) is 4.20. The number of hydrogen-bond acceptors (Lipinski definition) is 2. The maximum Gasteiger partial charge on any atom is 0.101 e. The van der Waals surface area contributed by atoms with E-state index in [1.807, 2.05) is 12.5 Å². The topological polar surface area (TPSA) is 27.1 Å². The molecule has 1 heterocycles. The fraction of sp³-hybridized carbons (Fsp3) is 0.278. The molecule has 3 aromatic rings. The third-order valence-corrected chi connectivity index (χ3v) is 3.54. The quantitative estimate of drug-likeness (QED) is 0.700. The highest BCUT2D eigenvalue weighted by Crippen LogP contribution is 2.28. The normalized spacial score (nSPS) is 12.9. The monoisotopic (exact) mass is 280 g/mol. The van der Waals surface area contributed by atoms with Crippen LogP contribution in [0, 0.1) is 0 Å². The van der Waals surface area contributed by atoms with Gasteiger partial charge in [0.15, 0.2) is 0 Å². The van der Waals surface area contributed by atoms with Crippen molar-refractivity contribution in [1.82, 2.24) is 9.55 Å². The lowest BCUT2D eigenvalue weighted by molar-refractivity contribution is -0.00242. The zero-order valence-electron chi connectivity index (χ0n) is 12.4. The first-order chi connectivity index (χ1) is 10.2. The molecule has 2 aromatic carbocycles. The molecule has 108 valence electrons. The van der Waals surface area contributed by atoms with Crippen LogP contribution >= 0.6 is 0 Å². The smallest absolute Gasteiger partial charge is 0.101 e. The molecule has 0 aliphatic rings. The highest BCUT2D eigenvalue weighted by molar-refractivity contribution is 5.85. The predicted molar refractivity (Wildman–Crippen MR) is 85.1 cm³/mol. The summed E-state index contributed by atoms with van der Waals surface area (Å²) in [5.41, 5.74) is 1.23. The van der Waals surface area contributed by atoms with Crippen LogP contribution < -0.4 is 0 Å². The highest BCUT2D eigenvalue weighted by atomic mass is 16.5. The second kappa shape index (κ2) is 6.10. The average Bonchev–Trinajstić information content (AvgIpc) is 2.98. The van der Waals surface area contributed by atoms with Gasteiger partial charge >= 0.3 is 0 Å². The molecule has 3 heteroatoms. The molecule has 0 saturated heterocycles. The van der Waals surface area contributed by atoms with E-state index in [4.69, 9.17) is 4.74 Å². The summed E-state index contributed by atoms with van der Waals surface area (Å²) >= 11 is 0. The molecule has 0 amide bonds. The first kappa shape index (κ1) is 13.8. The van der Waals surface area contributed by atoms with Crippen molar-refractivity contribution in [3.63, 3.8) is 0 Å². The largest absolute Gasteiger partial charge is 0.369 e. The summed E-state index contributed by atoms with van der Waals surface area (Å²) in [4.78, 5) is 4.12. The molecule has 0 bridgehead atoms. The molecule has 0 aliphatic carbocycles. The van der Waals surface area contributed by atoms with Gasteiger partial charge in [0.25, 0.3) is 0 Å². The molecular weight excluding hydrogens is 260 g/mol. The minimum Gasteiger partial charge on any atom is -0.369 e. The van der Waals surface area contributed by atoms with E-state index < -0.39 is 0 Å². The lowest BCUT2D eigenvalue weighted by Gasteiger charge is -2.23. The molecule has 3 rings (SSSR count). The van der Waals surface area contributed by atoms with Crippen LogP contribution in [-0.2, 0) is 11.3 Å². The Morgan fingerprint density at radius 2 is 1.90 bits per heavy atom. The van der Waals surface area contributed by atoms with Gasteiger partial charge in [0.2, 0.25) is 0 Å². The molecule has 3 nitrogen and oxygen atoms in total. The third-order valence-electron chi connectivity index (χ3n) is 3.54. The van der Waals surface area contributed by atoms with Crippen molar-refractivity contribution in [2.24, 2.45) is 0 Å². The number of benzene rings is 2. The Morgan fingerprint density at radius 3 is 2.67 bits per heavy atom. The second-order valence-corrected chi connectivity index (χ2v) is 5.50. The lowest BCUT2D eigenvalue weighted by Crippen LogP contribution is -2.16. The van der Waals surface area contributed by atoms with Crippen LogP contribution in [0.1, 0.15) is 25.5 Å². The Balaban J connectivity index is 2.01. The van der Waals surface area contributed by atoms with Crippen molar-refractivity contribution in [2.75, 3.05) is 0 Å². The van der Waals surface area contributed by atoms with Gasteiger partial charge in [-0.1, -0.05) is 42.5 Å². The van der Waals surface area contributed by atoms with Crippen molar-refractivity contribution >= 4 is 10.8 Å². The van der Waals surface area contributed by atoms with Crippen LogP contribution in [0.15, 0.2) is 61.2 Å². The molecule has 0 saturated carbocycles. The Hall–Kier alpha value is -2.13. The van der Waals surface area contributed by atoms with Crippen LogP contribution in [0.3, 0.4) is 0 Å². The first-order valence-corrected chi connectivity index (χ1v) is 7.33. The van der Waals surface area contributed by atoms with E-state index >= 15 is 0 Å². The lowest BCUT2D eigenvalue weighted by atomic mass is 10.00. The minimum atomic E-state index is 0.0188. The summed E-state index contributed by atoms with van der Waals surface area (Å²) in [6, 6.07) is 14.9. The van der Waals surface area contributed by atoms with Crippen molar-refractivity contribution < 1.29 is 4.74 Å². The van der Waals surface area contributed by atoms with Crippen molar-refractivity contribution in [3.05, 3.63) is 66.7 Å². The first-order valence-electron chi connectivity index (χ1n) is 7.33. The maximum atomic E-state index is 6.17. The van der Waals surface area contributed by atoms with E-state index in [2.05, 4.69) is 65.9 Å². The second-order valence-electron chi connectivity index (χ2n) is 5.50. The number of hydrogen-bond donors (Lipinski definition) is 0. The van der Waals surface area contributed by atoms with Gasteiger partial charge in [-0.15, -0.1) is 0 Å². The van der Waals surface area contributed by atoms with Gasteiger partial charge in [-0.2, -0.15) is 0 Å². The summed E-state index contributed by atoms with van der Waals surface area (Å²) < 4.78 is 8.23. The molecule has 1 aromatic heterocycles. The molecule has 0 aliphatic heterocycles. The van der Waals surface area contributed by atoms with E-state index in [-0.39, 0.29) is 12.2 Å². The molecule has 0 fully saturated rings. The standard InChI is InChI=1S/C18H20N2O/c1-14(2)21-18(12-20-11-10-19-13-20)17-9-5-7-15-6-3-4-8-16(15)17/h3-11,13-14,18H,12H2,1-2H3. The molecule has 0 N–H and O–H groups in total. The fourth-order valence-corrected chi connectivity index (χ4v) is 2.66. The zero-order valence-corrected chi connectivity index (χ0v) is 12.4. The van der Waals surface area contributed by atoms with Crippen molar-refractivity contribution in [3.8, 4) is 0 Å². The summed E-state index contributed by atoms with van der Waals surface area (Å²) in [6.07, 6.45) is 5.81. The average molecular weight is 280 g/mol. The van der Waals surface area contributed by atoms with Crippen LogP contribution in [0.25, 0.3) is 10.8 Å².